The van der Waals surface area contributed by atoms with Gasteiger partial charge in [-0.2, -0.15) is 0 Å². The summed E-state index contributed by atoms with van der Waals surface area (Å²) in [4.78, 5) is 33.9. The molecule has 2 heterocycles. The van der Waals surface area contributed by atoms with Crippen LogP contribution in [0.1, 0.15) is 19.8 Å². The molecule has 0 spiro atoms. The van der Waals surface area contributed by atoms with Gasteiger partial charge in [0.2, 0.25) is 5.91 Å². The van der Waals surface area contributed by atoms with Crippen molar-refractivity contribution in [2.75, 3.05) is 19.6 Å². The van der Waals surface area contributed by atoms with Crippen molar-refractivity contribution in [2.24, 2.45) is 0 Å². The molecule has 1 saturated heterocycles. The molecule has 4 rings (SSSR count). The molecule has 0 radical (unpaired) electrons. The molecule has 2 fully saturated rings. The Hall–Kier alpha value is -2.21. The zero-order chi connectivity index (χ0) is 16.7. The number of fused-ring (bicyclic) bond motifs is 1. The first kappa shape index (κ1) is 15.3. The summed E-state index contributed by atoms with van der Waals surface area (Å²) in [5.41, 5.74) is 0.510. The molecule has 2 aliphatic rings. The van der Waals surface area contributed by atoms with Crippen LogP contribution in [0.3, 0.4) is 0 Å². The number of rotatable bonds is 3. The first-order chi connectivity index (χ1) is 11.6. The molecular weight excluding hydrogens is 304 g/mol. The molecule has 1 unspecified atom stereocenters. The SMILES string of the molecule is CC1CN(C2CC2)CCN1C(=O)Cn1cnc2ccccc2c1=O. The van der Waals surface area contributed by atoms with E-state index in [1.807, 2.05) is 23.1 Å². The molecule has 1 atom stereocenters. The van der Waals surface area contributed by atoms with E-state index in [9.17, 15) is 9.59 Å². The molecule has 24 heavy (non-hydrogen) atoms. The topological polar surface area (TPSA) is 58.4 Å². The molecule has 1 aromatic carbocycles. The van der Waals surface area contributed by atoms with Gasteiger partial charge in [0.05, 0.1) is 17.2 Å². The standard InChI is InChI=1S/C18H22N4O2/c1-13-10-20(14-6-7-14)8-9-22(13)17(23)11-21-12-19-16-5-3-2-4-15(16)18(21)24/h2-5,12-14H,6-11H2,1H3. The second-order valence-corrected chi connectivity index (χ2v) is 6.86. The maximum Gasteiger partial charge on any atom is 0.261 e. The van der Waals surface area contributed by atoms with Gasteiger partial charge in [-0.25, -0.2) is 4.98 Å². The highest BCUT2D eigenvalue weighted by molar-refractivity contribution is 5.79. The highest BCUT2D eigenvalue weighted by Gasteiger charge is 2.35. The third kappa shape index (κ3) is 2.82. The normalized spacial score (nSPS) is 22.0. The summed E-state index contributed by atoms with van der Waals surface area (Å²) in [5.74, 6) is -0.00266. The summed E-state index contributed by atoms with van der Waals surface area (Å²) in [6.07, 6.45) is 4.06. The average molecular weight is 326 g/mol. The quantitative estimate of drug-likeness (QED) is 0.847. The van der Waals surface area contributed by atoms with Crippen molar-refractivity contribution < 1.29 is 4.79 Å². The molecule has 0 bridgehead atoms. The second-order valence-electron chi connectivity index (χ2n) is 6.86. The zero-order valence-corrected chi connectivity index (χ0v) is 13.9. The number of aromatic nitrogens is 2. The molecule has 1 saturated carbocycles. The Balaban J connectivity index is 1.50. The van der Waals surface area contributed by atoms with E-state index in [0.29, 0.717) is 10.9 Å². The fourth-order valence-electron chi connectivity index (χ4n) is 3.58. The molecule has 0 N–H and O–H groups in total. The van der Waals surface area contributed by atoms with Gasteiger partial charge in [-0.15, -0.1) is 0 Å². The molecule has 2 aromatic rings. The molecule has 6 nitrogen and oxygen atoms in total. The number of hydrogen-bond donors (Lipinski definition) is 0. The zero-order valence-electron chi connectivity index (χ0n) is 13.9. The smallest absolute Gasteiger partial charge is 0.261 e. The molecule has 1 aliphatic heterocycles. The van der Waals surface area contributed by atoms with Crippen LogP contribution >= 0.6 is 0 Å². The lowest BCUT2D eigenvalue weighted by molar-refractivity contribution is -0.136. The minimum Gasteiger partial charge on any atom is -0.336 e. The fourth-order valence-corrected chi connectivity index (χ4v) is 3.58. The van der Waals surface area contributed by atoms with E-state index in [0.717, 1.165) is 25.7 Å². The van der Waals surface area contributed by atoms with Crippen molar-refractivity contribution in [3.63, 3.8) is 0 Å². The maximum absolute atomic E-state index is 12.7. The number of amides is 1. The van der Waals surface area contributed by atoms with Gasteiger partial charge in [0, 0.05) is 31.7 Å². The lowest BCUT2D eigenvalue weighted by Gasteiger charge is -2.40. The van der Waals surface area contributed by atoms with Crippen LogP contribution < -0.4 is 5.56 Å². The number of para-hydroxylation sites is 1. The summed E-state index contributed by atoms with van der Waals surface area (Å²) in [6.45, 7) is 4.76. The van der Waals surface area contributed by atoms with Gasteiger partial charge in [0.15, 0.2) is 0 Å². The van der Waals surface area contributed by atoms with Gasteiger partial charge >= 0.3 is 0 Å². The Labute approximate surface area is 140 Å². The Bertz CT molecular complexity index is 827. The minimum atomic E-state index is -0.154. The number of benzene rings is 1. The van der Waals surface area contributed by atoms with E-state index in [4.69, 9.17) is 0 Å². The van der Waals surface area contributed by atoms with Gasteiger partial charge < -0.3 is 4.90 Å². The van der Waals surface area contributed by atoms with Crippen molar-refractivity contribution in [3.05, 3.63) is 40.9 Å². The first-order valence-corrected chi connectivity index (χ1v) is 8.61. The molecular formula is C18H22N4O2. The first-order valence-electron chi connectivity index (χ1n) is 8.61. The average Bonchev–Trinajstić information content (AvgIpc) is 3.42. The van der Waals surface area contributed by atoms with Crippen LogP contribution in [0.25, 0.3) is 10.9 Å². The summed E-state index contributed by atoms with van der Waals surface area (Å²) in [7, 11) is 0. The predicted octanol–water partition coefficient (Wildman–Crippen LogP) is 1.09. The van der Waals surface area contributed by atoms with Crippen molar-refractivity contribution >= 4 is 16.8 Å². The van der Waals surface area contributed by atoms with Crippen LogP contribution in [0.15, 0.2) is 35.4 Å². The highest BCUT2D eigenvalue weighted by Crippen LogP contribution is 2.28. The molecule has 1 aliphatic carbocycles. The summed E-state index contributed by atoms with van der Waals surface area (Å²) < 4.78 is 1.42. The van der Waals surface area contributed by atoms with Crippen molar-refractivity contribution in [2.45, 2.75) is 38.4 Å². The van der Waals surface area contributed by atoms with Gasteiger partial charge in [0.25, 0.3) is 5.56 Å². The van der Waals surface area contributed by atoms with Gasteiger partial charge in [0.1, 0.15) is 6.54 Å². The van der Waals surface area contributed by atoms with Gasteiger partial charge in [-0.05, 0) is 31.9 Å². The summed E-state index contributed by atoms with van der Waals surface area (Å²) in [5, 5.41) is 0.555. The Kier molecular flexibility index (Phi) is 3.84. The number of hydrogen-bond acceptors (Lipinski definition) is 4. The Morgan fingerprint density at radius 1 is 1.25 bits per heavy atom. The van der Waals surface area contributed by atoms with Crippen LogP contribution in [0.4, 0.5) is 0 Å². The van der Waals surface area contributed by atoms with Crippen molar-refractivity contribution in [1.82, 2.24) is 19.4 Å². The number of piperazine rings is 1. The number of carbonyl (C=O) groups excluding carboxylic acids is 1. The third-order valence-electron chi connectivity index (χ3n) is 5.08. The van der Waals surface area contributed by atoms with Crippen molar-refractivity contribution in [1.29, 1.82) is 0 Å². The lowest BCUT2D eigenvalue weighted by atomic mass is 10.2. The molecule has 6 heteroatoms. The Morgan fingerprint density at radius 3 is 2.79 bits per heavy atom. The third-order valence-corrected chi connectivity index (χ3v) is 5.08. The van der Waals surface area contributed by atoms with E-state index in [2.05, 4.69) is 16.8 Å². The summed E-state index contributed by atoms with van der Waals surface area (Å²) >= 11 is 0. The molecule has 1 amide bonds. The number of carbonyl (C=O) groups is 1. The maximum atomic E-state index is 12.7. The Morgan fingerprint density at radius 2 is 2.04 bits per heavy atom. The number of nitrogens with zero attached hydrogens (tertiary/aromatic N) is 4. The molecule has 1 aromatic heterocycles. The van der Waals surface area contributed by atoms with E-state index < -0.39 is 0 Å². The van der Waals surface area contributed by atoms with Crippen molar-refractivity contribution in [3.8, 4) is 0 Å². The monoisotopic (exact) mass is 326 g/mol. The second kappa shape index (κ2) is 6.02. The van der Waals surface area contributed by atoms with E-state index >= 15 is 0 Å². The minimum absolute atomic E-state index is 0.00266. The van der Waals surface area contributed by atoms with Crippen LogP contribution in [-0.4, -0.2) is 57.0 Å². The fraction of sp³-hybridized carbons (Fsp3) is 0.500. The van der Waals surface area contributed by atoms with Gasteiger partial charge in [-0.3, -0.25) is 19.1 Å². The van der Waals surface area contributed by atoms with E-state index in [1.165, 1.54) is 23.7 Å². The largest absolute Gasteiger partial charge is 0.336 e. The highest BCUT2D eigenvalue weighted by atomic mass is 16.2. The van der Waals surface area contributed by atoms with E-state index in [1.54, 1.807) is 6.07 Å². The van der Waals surface area contributed by atoms with E-state index in [-0.39, 0.29) is 24.1 Å². The summed E-state index contributed by atoms with van der Waals surface area (Å²) in [6, 6.07) is 8.15. The van der Waals surface area contributed by atoms with Gasteiger partial charge in [-0.1, -0.05) is 12.1 Å². The van der Waals surface area contributed by atoms with Crippen LogP contribution in [0.5, 0.6) is 0 Å². The lowest BCUT2D eigenvalue weighted by Crippen LogP contribution is -2.55. The van der Waals surface area contributed by atoms with Crippen LogP contribution in [-0.2, 0) is 11.3 Å². The predicted molar refractivity (Wildman–Crippen MR) is 91.8 cm³/mol. The van der Waals surface area contributed by atoms with Crippen LogP contribution in [0.2, 0.25) is 0 Å². The van der Waals surface area contributed by atoms with Crippen LogP contribution in [0, 0.1) is 0 Å². The molecule has 126 valence electrons.